The minimum atomic E-state index is -0.713. The van der Waals surface area contributed by atoms with Gasteiger partial charge < -0.3 is 19.4 Å². The smallest absolute Gasteiger partial charge is 0.315 e. The molecule has 33 heavy (non-hydrogen) atoms. The molecule has 5 rings (SSSR count). The van der Waals surface area contributed by atoms with Crippen LogP contribution >= 0.6 is 0 Å². The summed E-state index contributed by atoms with van der Waals surface area (Å²) in [5.74, 6) is 0.319. The summed E-state index contributed by atoms with van der Waals surface area (Å²) in [4.78, 5) is 18.5. The largest absolute Gasteiger partial charge is 0.508 e. The number of carbonyl (C=O) groups excluding carboxylic acids is 1. The molecule has 1 aliphatic carbocycles. The molecule has 168 valence electrons. The van der Waals surface area contributed by atoms with Crippen LogP contribution in [-0.4, -0.2) is 30.0 Å². The molecule has 3 aromatic rings. The van der Waals surface area contributed by atoms with Crippen molar-refractivity contribution in [3.8, 4) is 11.5 Å². The monoisotopic (exact) mass is 443 g/mol. The summed E-state index contributed by atoms with van der Waals surface area (Å²) in [6, 6.07) is 24.7. The Kier molecular flexibility index (Phi) is 5.50. The first-order valence-corrected chi connectivity index (χ1v) is 11.0. The summed E-state index contributed by atoms with van der Waals surface area (Å²) in [6.45, 7) is 0.486. The Morgan fingerprint density at radius 1 is 1.06 bits per heavy atom. The number of phenolic OH excluding ortho intramolecular Hbond substituents is 1. The number of nitrogens with zero attached hydrogens (tertiary/aromatic N) is 1. The van der Waals surface area contributed by atoms with Crippen molar-refractivity contribution in [2.45, 2.75) is 31.5 Å². The van der Waals surface area contributed by atoms with Gasteiger partial charge in [0.25, 0.3) is 0 Å². The zero-order valence-electron chi connectivity index (χ0n) is 18.3. The number of ether oxygens (including phenoxy) is 2. The van der Waals surface area contributed by atoms with Gasteiger partial charge in [0.15, 0.2) is 6.10 Å². The Balaban J connectivity index is 1.41. The summed E-state index contributed by atoms with van der Waals surface area (Å²) >= 11 is 0. The number of oxime groups is 1. The molecule has 0 amide bonds. The molecule has 2 aliphatic rings. The molecule has 6 heteroatoms. The lowest BCUT2D eigenvalue weighted by molar-refractivity contribution is -0.153. The molecule has 0 aromatic heterocycles. The summed E-state index contributed by atoms with van der Waals surface area (Å²) < 4.78 is 11.0. The Bertz CT molecular complexity index is 1170. The molecule has 0 saturated heterocycles. The number of hydrogen-bond donors (Lipinski definition) is 1. The van der Waals surface area contributed by atoms with Gasteiger partial charge in [-0.25, -0.2) is 0 Å². The number of phenols is 1. The Labute approximate surface area is 192 Å². The van der Waals surface area contributed by atoms with Crippen LogP contribution < -0.4 is 4.74 Å². The molecule has 3 aromatic carbocycles. The molecule has 1 aliphatic heterocycles. The van der Waals surface area contributed by atoms with Gasteiger partial charge in [-0.3, -0.25) is 4.79 Å². The lowest BCUT2D eigenvalue weighted by Gasteiger charge is -2.25. The predicted molar refractivity (Wildman–Crippen MR) is 123 cm³/mol. The molecule has 2 unspecified atom stereocenters. The van der Waals surface area contributed by atoms with Crippen LogP contribution in [0.5, 0.6) is 11.5 Å². The maximum absolute atomic E-state index is 12.6. The Morgan fingerprint density at radius 2 is 1.82 bits per heavy atom. The lowest BCUT2D eigenvalue weighted by Crippen LogP contribution is -2.37. The minimum absolute atomic E-state index is 0.157. The van der Waals surface area contributed by atoms with Crippen molar-refractivity contribution in [3.05, 3.63) is 95.6 Å². The van der Waals surface area contributed by atoms with Gasteiger partial charge in [0.1, 0.15) is 23.5 Å². The third-order valence-corrected chi connectivity index (χ3v) is 6.41. The first-order valence-electron chi connectivity index (χ1n) is 11.0. The van der Waals surface area contributed by atoms with Crippen LogP contribution in [0.3, 0.4) is 0 Å². The van der Waals surface area contributed by atoms with Crippen molar-refractivity contribution < 1.29 is 24.2 Å². The first-order chi connectivity index (χ1) is 16.1. The van der Waals surface area contributed by atoms with Gasteiger partial charge in [-0.15, -0.1) is 0 Å². The van der Waals surface area contributed by atoms with Gasteiger partial charge >= 0.3 is 5.97 Å². The number of benzene rings is 3. The van der Waals surface area contributed by atoms with E-state index in [4.69, 9.17) is 14.3 Å². The van der Waals surface area contributed by atoms with Crippen molar-refractivity contribution in [1.82, 2.24) is 0 Å². The Hall–Kier alpha value is -3.80. The average molecular weight is 443 g/mol. The summed E-state index contributed by atoms with van der Waals surface area (Å²) in [7, 11) is 1.40. The molecular formula is C27H25NO5. The van der Waals surface area contributed by atoms with E-state index in [-0.39, 0.29) is 17.6 Å². The highest BCUT2D eigenvalue weighted by Gasteiger charge is 2.63. The fourth-order valence-corrected chi connectivity index (χ4v) is 4.48. The van der Waals surface area contributed by atoms with Crippen LogP contribution in [-0.2, 0) is 21.0 Å². The fraction of sp³-hybridized carbons (Fsp3) is 0.259. The molecule has 0 bridgehead atoms. The molecule has 0 spiro atoms. The van der Waals surface area contributed by atoms with Gasteiger partial charge in [0, 0.05) is 5.56 Å². The predicted octanol–water partition coefficient (Wildman–Crippen LogP) is 4.81. The van der Waals surface area contributed by atoms with E-state index in [2.05, 4.69) is 5.16 Å². The molecule has 6 nitrogen and oxygen atoms in total. The zero-order chi connectivity index (χ0) is 22.8. The van der Waals surface area contributed by atoms with E-state index in [9.17, 15) is 9.90 Å². The summed E-state index contributed by atoms with van der Waals surface area (Å²) in [5.41, 5.74) is 2.82. The van der Waals surface area contributed by atoms with E-state index in [0.29, 0.717) is 19.4 Å². The molecule has 1 fully saturated rings. The van der Waals surface area contributed by atoms with E-state index < -0.39 is 11.5 Å². The quantitative estimate of drug-likeness (QED) is 0.530. The van der Waals surface area contributed by atoms with Crippen LogP contribution in [0.1, 0.15) is 35.4 Å². The van der Waals surface area contributed by atoms with Crippen LogP contribution in [0, 0.1) is 5.41 Å². The van der Waals surface area contributed by atoms with E-state index in [1.54, 1.807) is 18.2 Å². The van der Waals surface area contributed by atoms with Crippen LogP contribution in [0.25, 0.3) is 0 Å². The lowest BCUT2D eigenvalue weighted by atomic mass is 9.79. The van der Waals surface area contributed by atoms with Crippen LogP contribution in [0.2, 0.25) is 0 Å². The normalized spacial score (nSPS) is 20.5. The van der Waals surface area contributed by atoms with Gasteiger partial charge in [-0.1, -0.05) is 47.6 Å². The van der Waals surface area contributed by atoms with Crippen LogP contribution in [0.15, 0.2) is 84.0 Å². The second-order valence-electron chi connectivity index (χ2n) is 8.52. The summed E-state index contributed by atoms with van der Waals surface area (Å²) in [5, 5.41) is 14.5. The number of aromatic hydroxyl groups is 1. The SMILES string of the molecule is COC(=O)C1(C2ON=C(c3ccc(OCc4ccccc4)cc3)C2c2cccc(O)c2)CC1. The average Bonchev–Trinajstić information content (AvgIpc) is 3.54. The zero-order valence-corrected chi connectivity index (χ0v) is 18.3. The molecule has 2 atom stereocenters. The summed E-state index contributed by atoms with van der Waals surface area (Å²) in [6.07, 6.45) is 0.888. The molecule has 1 saturated carbocycles. The Morgan fingerprint density at radius 3 is 2.48 bits per heavy atom. The standard InChI is InChI=1S/C27H25NO5/c1-31-26(30)27(14-15-27)25-23(20-8-5-9-21(29)16-20)24(28-33-25)19-10-12-22(13-11-19)32-17-18-6-3-2-4-7-18/h2-13,16,23,25,29H,14-15,17H2,1H3. The van der Waals surface area contributed by atoms with Gasteiger partial charge in [0.05, 0.1) is 18.7 Å². The number of carbonyl (C=O) groups is 1. The van der Waals surface area contributed by atoms with Gasteiger partial charge in [-0.05, 0) is 60.4 Å². The van der Waals surface area contributed by atoms with Crippen LogP contribution in [0.4, 0.5) is 0 Å². The number of rotatable bonds is 7. The third kappa shape index (κ3) is 4.04. The molecule has 1 N–H and O–H groups in total. The molecule has 0 radical (unpaired) electrons. The van der Waals surface area contributed by atoms with Crippen molar-refractivity contribution in [1.29, 1.82) is 0 Å². The molecule has 1 heterocycles. The van der Waals surface area contributed by atoms with Crippen molar-refractivity contribution >= 4 is 11.7 Å². The highest BCUT2D eigenvalue weighted by molar-refractivity contribution is 6.06. The van der Waals surface area contributed by atoms with E-state index in [1.807, 2.05) is 60.7 Å². The minimum Gasteiger partial charge on any atom is -0.508 e. The van der Waals surface area contributed by atoms with Crippen molar-refractivity contribution in [2.75, 3.05) is 7.11 Å². The maximum Gasteiger partial charge on any atom is 0.315 e. The van der Waals surface area contributed by atoms with Crippen molar-refractivity contribution in [3.63, 3.8) is 0 Å². The van der Waals surface area contributed by atoms with E-state index in [0.717, 1.165) is 28.2 Å². The number of hydrogen-bond acceptors (Lipinski definition) is 6. The third-order valence-electron chi connectivity index (χ3n) is 6.41. The van der Waals surface area contributed by atoms with Gasteiger partial charge in [-0.2, -0.15) is 0 Å². The van der Waals surface area contributed by atoms with Crippen molar-refractivity contribution in [2.24, 2.45) is 10.6 Å². The second-order valence-corrected chi connectivity index (χ2v) is 8.52. The first kappa shape index (κ1) is 21.1. The molecular weight excluding hydrogens is 418 g/mol. The highest BCUT2D eigenvalue weighted by atomic mass is 16.6. The number of methoxy groups -OCH3 is 1. The maximum atomic E-state index is 12.6. The fourth-order valence-electron chi connectivity index (χ4n) is 4.48. The second kappa shape index (κ2) is 8.62. The topological polar surface area (TPSA) is 77.4 Å². The highest BCUT2D eigenvalue weighted by Crippen LogP contribution is 2.57. The van der Waals surface area contributed by atoms with E-state index in [1.165, 1.54) is 7.11 Å². The van der Waals surface area contributed by atoms with E-state index >= 15 is 0 Å². The number of esters is 1. The van der Waals surface area contributed by atoms with Gasteiger partial charge in [0.2, 0.25) is 0 Å².